The van der Waals surface area contributed by atoms with Gasteiger partial charge in [-0.3, -0.25) is 4.68 Å². The Kier molecular flexibility index (Phi) is 3.87. The van der Waals surface area contributed by atoms with Crippen molar-refractivity contribution in [2.45, 2.75) is 39.0 Å². The van der Waals surface area contributed by atoms with E-state index >= 15 is 0 Å². The molecule has 1 heterocycles. The standard InChI is InChI=1S/C22H22ClN3O/c1-21(2)17-11-10-15-18(13-6-8-14(23)9-7-13)26(5)25-19(15)22(17,3)12-16(24-4)20(21)27/h6-9,12,17H,10-11H2,1-3,5H3/t17-,22-/m0/s1. The van der Waals surface area contributed by atoms with E-state index in [1.54, 1.807) is 0 Å². The van der Waals surface area contributed by atoms with Crippen LogP contribution in [0.3, 0.4) is 0 Å². The van der Waals surface area contributed by atoms with Crippen LogP contribution >= 0.6 is 11.6 Å². The second kappa shape index (κ2) is 5.81. The molecule has 2 aromatic rings. The van der Waals surface area contributed by atoms with E-state index in [4.69, 9.17) is 23.3 Å². The summed E-state index contributed by atoms with van der Waals surface area (Å²) in [6, 6.07) is 7.82. The third-order valence-corrected chi connectivity index (χ3v) is 6.68. The molecule has 0 saturated carbocycles. The number of hydrogen-bond acceptors (Lipinski definition) is 2. The van der Waals surface area contributed by atoms with Gasteiger partial charge < -0.3 is 4.79 Å². The molecule has 2 aliphatic carbocycles. The maximum atomic E-state index is 12.8. The van der Waals surface area contributed by atoms with E-state index in [9.17, 15) is 4.79 Å². The number of carbonyl (C=O) groups excluding carboxylic acids is 1. The molecule has 4 rings (SSSR count). The summed E-state index contributed by atoms with van der Waals surface area (Å²) in [6.07, 6.45) is 3.64. The molecule has 1 aromatic carbocycles. The minimum Gasteiger partial charge on any atom is -0.307 e. The molecule has 0 bridgehead atoms. The zero-order valence-electron chi connectivity index (χ0n) is 16.0. The molecule has 138 valence electrons. The van der Waals surface area contributed by atoms with E-state index in [0.29, 0.717) is 5.02 Å². The summed E-state index contributed by atoms with van der Waals surface area (Å²) in [5, 5.41) is 5.60. The summed E-state index contributed by atoms with van der Waals surface area (Å²) in [4.78, 5) is 16.3. The van der Waals surface area contributed by atoms with Gasteiger partial charge in [-0.15, -0.1) is 0 Å². The van der Waals surface area contributed by atoms with Crippen molar-refractivity contribution in [3.05, 3.63) is 63.7 Å². The van der Waals surface area contributed by atoms with Gasteiger partial charge in [0.2, 0.25) is 5.70 Å². The first-order valence-electron chi connectivity index (χ1n) is 9.17. The number of aromatic nitrogens is 2. The number of fused-ring (bicyclic) bond motifs is 3. The smallest absolute Gasteiger partial charge is 0.226 e. The van der Waals surface area contributed by atoms with Gasteiger partial charge in [-0.1, -0.05) is 50.6 Å². The first-order valence-corrected chi connectivity index (χ1v) is 9.55. The molecule has 0 N–H and O–H groups in total. The third-order valence-electron chi connectivity index (χ3n) is 6.43. The van der Waals surface area contributed by atoms with Gasteiger partial charge in [-0.2, -0.15) is 5.10 Å². The molecule has 4 nitrogen and oxygen atoms in total. The second-order valence-corrected chi connectivity index (χ2v) is 8.81. The van der Waals surface area contributed by atoms with Gasteiger partial charge in [0.05, 0.1) is 18.0 Å². The quantitative estimate of drug-likeness (QED) is 0.656. The lowest BCUT2D eigenvalue weighted by molar-refractivity contribution is -0.128. The van der Waals surface area contributed by atoms with Gasteiger partial charge in [0, 0.05) is 34.0 Å². The zero-order valence-corrected chi connectivity index (χ0v) is 16.8. The van der Waals surface area contributed by atoms with Crippen LogP contribution in [0.25, 0.3) is 16.1 Å². The predicted molar refractivity (Wildman–Crippen MR) is 106 cm³/mol. The highest BCUT2D eigenvalue weighted by molar-refractivity contribution is 6.30. The molecule has 0 fully saturated rings. The molecular formula is C22H22ClN3O. The molecule has 1 aromatic heterocycles. The van der Waals surface area contributed by atoms with Crippen LogP contribution < -0.4 is 0 Å². The Balaban J connectivity index is 1.95. The fourth-order valence-electron chi connectivity index (χ4n) is 5.16. The number of benzene rings is 1. The maximum absolute atomic E-state index is 12.8. The van der Waals surface area contributed by atoms with E-state index in [0.717, 1.165) is 29.8 Å². The molecule has 5 heteroatoms. The summed E-state index contributed by atoms with van der Waals surface area (Å²) in [5.74, 6) is 0.0840. The van der Waals surface area contributed by atoms with Crippen LogP contribution in [0.2, 0.25) is 5.02 Å². The number of allylic oxidation sites excluding steroid dienone is 2. The van der Waals surface area contributed by atoms with Crippen LogP contribution in [-0.2, 0) is 23.7 Å². The highest BCUT2D eigenvalue weighted by Gasteiger charge is 2.55. The molecule has 0 unspecified atom stereocenters. The molecule has 0 aliphatic heterocycles. The number of carbonyl (C=O) groups is 1. The highest BCUT2D eigenvalue weighted by atomic mass is 35.5. The SMILES string of the molecule is [C-]#[N+]C1=C[C@]2(C)c3nn(C)c(-c4ccc(Cl)cc4)c3CC[C@H]2C(C)(C)C1=O. The average Bonchev–Trinajstić information content (AvgIpc) is 2.96. The maximum Gasteiger partial charge on any atom is 0.226 e. The monoisotopic (exact) mass is 379 g/mol. The van der Waals surface area contributed by atoms with Crippen LogP contribution in [0.1, 0.15) is 38.4 Å². The zero-order chi connectivity index (χ0) is 19.6. The molecule has 0 spiro atoms. The molecule has 2 atom stereocenters. The van der Waals surface area contributed by atoms with E-state index in [2.05, 4.69) is 11.8 Å². The molecular weight excluding hydrogens is 358 g/mol. The summed E-state index contributed by atoms with van der Waals surface area (Å²) in [7, 11) is 1.96. The minimum absolute atomic E-state index is 0.0442. The number of halogens is 1. The first kappa shape index (κ1) is 18.0. The Morgan fingerprint density at radius 2 is 1.93 bits per heavy atom. The summed E-state index contributed by atoms with van der Waals surface area (Å²) >= 11 is 6.06. The van der Waals surface area contributed by atoms with E-state index < -0.39 is 10.8 Å². The van der Waals surface area contributed by atoms with Crippen LogP contribution in [0.5, 0.6) is 0 Å². The van der Waals surface area contributed by atoms with E-state index in [1.807, 2.05) is 55.9 Å². The topological polar surface area (TPSA) is 39.2 Å². The first-order chi connectivity index (χ1) is 12.7. The number of nitrogens with zero attached hydrogens (tertiary/aromatic N) is 3. The lowest BCUT2D eigenvalue weighted by Gasteiger charge is -2.49. The van der Waals surface area contributed by atoms with Crippen molar-refractivity contribution in [2.24, 2.45) is 18.4 Å². The number of ketones is 1. The van der Waals surface area contributed by atoms with Gasteiger partial charge in [0.1, 0.15) is 0 Å². The summed E-state index contributed by atoms with van der Waals surface area (Å²) in [6.45, 7) is 13.6. The van der Waals surface area contributed by atoms with Crippen molar-refractivity contribution >= 4 is 17.4 Å². The summed E-state index contributed by atoms with van der Waals surface area (Å²) in [5.41, 5.74) is 3.63. The fraction of sp³-hybridized carbons (Fsp3) is 0.409. The van der Waals surface area contributed by atoms with Crippen molar-refractivity contribution in [3.63, 3.8) is 0 Å². The molecule has 27 heavy (non-hydrogen) atoms. The van der Waals surface area contributed by atoms with Gasteiger partial charge in [0.25, 0.3) is 0 Å². The molecule has 0 amide bonds. The number of hydrogen-bond donors (Lipinski definition) is 0. The Labute approximate surface area is 164 Å². The van der Waals surface area contributed by atoms with Crippen LogP contribution in [0.4, 0.5) is 0 Å². The molecule has 0 saturated heterocycles. The van der Waals surface area contributed by atoms with Gasteiger partial charge >= 0.3 is 0 Å². The number of aryl methyl sites for hydroxylation is 1. The molecule has 2 aliphatic rings. The molecule has 0 radical (unpaired) electrons. The van der Waals surface area contributed by atoms with Gasteiger partial charge in [-0.25, -0.2) is 4.85 Å². The summed E-state index contributed by atoms with van der Waals surface area (Å²) < 4.78 is 1.93. The lowest BCUT2D eigenvalue weighted by Crippen LogP contribution is -2.50. The lowest BCUT2D eigenvalue weighted by atomic mass is 9.53. The minimum atomic E-state index is -0.570. The van der Waals surface area contributed by atoms with E-state index in [-0.39, 0.29) is 17.4 Å². The van der Waals surface area contributed by atoms with Crippen molar-refractivity contribution in [1.82, 2.24) is 9.78 Å². The Morgan fingerprint density at radius 3 is 2.56 bits per heavy atom. The van der Waals surface area contributed by atoms with Crippen LogP contribution in [-0.4, -0.2) is 15.6 Å². The van der Waals surface area contributed by atoms with Crippen molar-refractivity contribution in [1.29, 1.82) is 0 Å². The highest BCUT2D eigenvalue weighted by Crippen LogP contribution is 2.55. The van der Waals surface area contributed by atoms with Gasteiger partial charge in [0.15, 0.2) is 5.78 Å². The van der Waals surface area contributed by atoms with Crippen LogP contribution in [0.15, 0.2) is 36.0 Å². The number of rotatable bonds is 1. The predicted octanol–water partition coefficient (Wildman–Crippen LogP) is 4.97. The van der Waals surface area contributed by atoms with Crippen molar-refractivity contribution in [2.75, 3.05) is 0 Å². The Morgan fingerprint density at radius 1 is 1.26 bits per heavy atom. The van der Waals surface area contributed by atoms with Crippen LogP contribution in [0, 0.1) is 17.9 Å². The second-order valence-electron chi connectivity index (χ2n) is 8.37. The van der Waals surface area contributed by atoms with E-state index in [1.165, 1.54) is 5.56 Å². The fourth-order valence-corrected chi connectivity index (χ4v) is 5.29. The van der Waals surface area contributed by atoms with Crippen molar-refractivity contribution in [3.8, 4) is 11.3 Å². The average molecular weight is 380 g/mol. The Bertz CT molecular complexity index is 1020. The largest absolute Gasteiger partial charge is 0.307 e. The third kappa shape index (κ3) is 2.41. The Hall–Kier alpha value is -2.38. The number of Topliss-reactive ketones (excluding diaryl/α,β-unsaturated/α-hetero) is 1. The van der Waals surface area contributed by atoms with Gasteiger partial charge in [-0.05, 0) is 30.9 Å². The van der Waals surface area contributed by atoms with Crippen molar-refractivity contribution < 1.29 is 4.79 Å². The normalized spacial score (nSPS) is 26.0.